The van der Waals surface area contributed by atoms with Gasteiger partial charge in [-0.25, -0.2) is 0 Å². The summed E-state index contributed by atoms with van der Waals surface area (Å²) in [5.41, 5.74) is 0.963. The standard InChI is InChI=1S/C19H19N3O3S/c1-3-16(25-15-11-7-10-14(12-15)24-2)17(23)20-19-22-21-18(26-19)13-8-5-4-6-9-13/h4-12,16H,3H2,1-2H3,(H,20,22,23). The number of methoxy groups -OCH3 is 1. The van der Waals surface area contributed by atoms with Crippen molar-refractivity contribution < 1.29 is 14.3 Å². The predicted molar refractivity (Wildman–Crippen MR) is 102 cm³/mol. The first-order valence-corrected chi connectivity index (χ1v) is 9.01. The van der Waals surface area contributed by atoms with Crippen LogP contribution in [0, 0.1) is 0 Å². The fourth-order valence-electron chi connectivity index (χ4n) is 2.32. The maximum Gasteiger partial charge on any atom is 0.267 e. The third-order valence-corrected chi connectivity index (χ3v) is 4.55. The van der Waals surface area contributed by atoms with Gasteiger partial charge >= 0.3 is 0 Å². The number of carbonyl (C=O) groups excluding carboxylic acids is 1. The lowest BCUT2D eigenvalue weighted by atomic mass is 10.2. The van der Waals surface area contributed by atoms with E-state index < -0.39 is 6.10 Å². The first kappa shape index (κ1) is 17.9. The molecule has 1 heterocycles. The van der Waals surface area contributed by atoms with Crippen LogP contribution >= 0.6 is 11.3 Å². The Kier molecular flexibility index (Phi) is 5.80. The molecule has 0 radical (unpaired) electrons. The Bertz CT molecular complexity index is 867. The Morgan fingerprint density at radius 1 is 1.12 bits per heavy atom. The summed E-state index contributed by atoms with van der Waals surface area (Å²) >= 11 is 1.32. The van der Waals surface area contributed by atoms with Gasteiger partial charge in [0, 0.05) is 11.6 Å². The van der Waals surface area contributed by atoms with Gasteiger partial charge in [0.1, 0.15) is 16.5 Å². The zero-order valence-corrected chi connectivity index (χ0v) is 15.3. The van der Waals surface area contributed by atoms with Crippen LogP contribution in [0.15, 0.2) is 54.6 Å². The summed E-state index contributed by atoms with van der Waals surface area (Å²) in [6.45, 7) is 1.89. The van der Waals surface area contributed by atoms with E-state index in [0.29, 0.717) is 23.1 Å². The molecule has 0 aliphatic rings. The van der Waals surface area contributed by atoms with Crippen molar-refractivity contribution in [2.24, 2.45) is 0 Å². The van der Waals surface area contributed by atoms with Gasteiger partial charge < -0.3 is 9.47 Å². The predicted octanol–water partition coefficient (Wildman–Crippen LogP) is 4.01. The Hall–Kier alpha value is -2.93. The van der Waals surface area contributed by atoms with E-state index in [1.807, 2.05) is 49.4 Å². The molecule has 1 unspecified atom stereocenters. The second-order valence-corrected chi connectivity index (χ2v) is 6.44. The lowest BCUT2D eigenvalue weighted by Gasteiger charge is -2.16. The lowest BCUT2D eigenvalue weighted by molar-refractivity contribution is -0.122. The average Bonchev–Trinajstić information content (AvgIpc) is 3.15. The van der Waals surface area contributed by atoms with Gasteiger partial charge in [-0.2, -0.15) is 0 Å². The average molecular weight is 369 g/mol. The highest BCUT2D eigenvalue weighted by Crippen LogP contribution is 2.26. The minimum Gasteiger partial charge on any atom is -0.497 e. The molecule has 0 saturated heterocycles. The monoisotopic (exact) mass is 369 g/mol. The first-order valence-electron chi connectivity index (χ1n) is 8.20. The summed E-state index contributed by atoms with van der Waals surface area (Å²) in [6, 6.07) is 16.9. The minimum absolute atomic E-state index is 0.258. The summed E-state index contributed by atoms with van der Waals surface area (Å²) in [6.07, 6.45) is -0.112. The minimum atomic E-state index is -0.633. The molecular formula is C19H19N3O3S. The molecule has 0 saturated carbocycles. The van der Waals surface area contributed by atoms with E-state index in [9.17, 15) is 4.79 Å². The van der Waals surface area contributed by atoms with Crippen molar-refractivity contribution in [1.82, 2.24) is 10.2 Å². The summed E-state index contributed by atoms with van der Waals surface area (Å²) in [7, 11) is 1.59. The Balaban J connectivity index is 1.67. The molecule has 0 aliphatic carbocycles. The number of amides is 1. The van der Waals surface area contributed by atoms with E-state index in [0.717, 1.165) is 10.6 Å². The SMILES string of the molecule is CCC(Oc1cccc(OC)c1)C(=O)Nc1nnc(-c2ccccc2)s1. The van der Waals surface area contributed by atoms with Crippen molar-refractivity contribution in [3.8, 4) is 22.1 Å². The molecule has 2 aromatic carbocycles. The Morgan fingerprint density at radius 2 is 1.88 bits per heavy atom. The second-order valence-electron chi connectivity index (χ2n) is 5.46. The van der Waals surface area contributed by atoms with Crippen LogP contribution in [-0.2, 0) is 4.79 Å². The molecular weight excluding hydrogens is 350 g/mol. The number of ether oxygens (including phenoxy) is 2. The molecule has 7 heteroatoms. The van der Waals surface area contributed by atoms with Crippen LogP contribution in [0.4, 0.5) is 5.13 Å². The van der Waals surface area contributed by atoms with Crippen molar-refractivity contribution in [1.29, 1.82) is 0 Å². The number of rotatable bonds is 7. The van der Waals surface area contributed by atoms with Crippen molar-refractivity contribution in [3.05, 3.63) is 54.6 Å². The largest absolute Gasteiger partial charge is 0.497 e. The normalized spacial score (nSPS) is 11.6. The number of hydrogen-bond acceptors (Lipinski definition) is 6. The van der Waals surface area contributed by atoms with E-state index in [1.165, 1.54) is 11.3 Å². The molecule has 1 aromatic heterocycles. The van der Waals surface area contributed by atoms with Gasteiger partial charge in [0.05, 0.1) is 7.11 Å². The molecule has 0 aliphatic heterocycles. The number of nitrogens with one attached hydrogen (secondary N) is 1. The Labute approximate surface area is 155 Å². The van der Waals surface area contributed by atoms with Gasteiger partial charge in [-0.05, 0) is 18.6 Å². The molecule has 0 spiro atoms. The summed E-state index contributed by atoms with van der Waals surface area (Å²) in [5.74, 6) is 0.994. The highest BCUT2D eigenvalue weighted by atomic mass is 32.1. The van der Waals surface area contributed by atoms with E-state index >= 15 is 0 Å². The van der Waals surface area contributed by atoms with Crippen molar-refractivity contribution in [2.45, 2.75) is 19.4 Å². The first-order chi connectivity index (χ1) is 12.7. The van der Waals surface area contributed by atoms with Gasteiger partial charge in [-0.1, -0.05) is 54.7 Å². The van der Waals surface area contributed by atoms with E-state index in [2.05, 4.69) is 15.5 Å². The molecule has 3 aromatic rings. The third kappa shape index (κ3) is 4.37. The van der Waals surface area contributed by atoms with Crippen LogP contribution in [0.1, 0.15) is 13.3 Å². The number of carbonyl (C=O) groups is 1. The number of hydrogen-bond donors (Lipinski definition) is 1. The fourth-order valence-corrected chi connectivity index (χ4v) is 3.07. The molecule has 26 heavy (non-hydrogen) atoms. The molecule has 134 valence electrons. The van der Waals surface area contributed by atoms with Crippen LogP contribution in [-0.4, -0.2) is 29.3 Å². The smallest absolute Gasteiger partial charge is 0.267 e. The molecule has 0 bridgehead atoms. The third-order valence-electron chi connectivity index (χ3n) is 3.66. The molecule has 0 fully saturated rings. The summed E-state index contributed by atoms with van der Waals surface area (Å²) in [5, 5.41) is 12.2. The zero-order valence-electron chi connectivity index (χ0n) is 14.5. The van der Waals surface area contributed by atoms with Gasteiger partial charge in [-0.15, -0.1) is 10.2 Å². The molecule has 1 atom stereocenters. The van der Waals surface area contributed by atoms with Gasteiger partial charge in [0.15, 0.2) is 6.10 Å². The fraction of sp³-hybridized carbons (Fsp3) is 0.211. The van der Waals surface area contributed by atoms with Crippen LogP contribution in [0.2, 0.25) is 0 Å². The van der Waals surface area contributed by atoms with Crippen LogP contribution < -0.4 is 14.8 Å². The number of nitrogens with zero attached hydrogens (tertiary/aromatic N) is 2. The van der Waals surface area contributed by atoms with E-state index in [-0.39, 0.29) is 5.91 Å². The molecule has 1 amide bonds. The van der Waals surface area contributed by atoms with E-state index in [4.69, 9.17) is 9.47 Å². The van der Waals surface area contributed by atoms with Crippen molar-refractivity contribution in [3.63, 3.8) is 0 Å². The molecule has 1 N–H and O–H groups in total. The maximum atomic E-state index is 12.5. The molecule has 6 nitrogen and oxygen atoms in total. The van der Waals surface area contributed by atoms with Crippen molar-refractivity contribution >= 4 is 22.4 Å². The number of benzene rings is 2. The maximum absolute atomic E-state index is 12.5. The van der Waals surface area contributed by atoms with Gasteiger partial charge in [-0.3, -0.25) is 10.1 Å². The topological polar surface area (TPSA) is 73.3 Å². The highest BCUT2D eigenvalue weighted by Gasteiger charge is 2.20. The van der Waals surface area contributed by atoms with Crippen LogP contribution in [0.3, 0.4) is 0 Å². The summed E-state index contributed by atoms with van der Waals surface area (Å²) < 4.78 is 11.0. The van der Waals surface area contributed by atoms with Crippen LogP contribution in [0.5, 0.6) is 11.5 Å². The number of anilines is 1. The van der Waals surface area contributed by atoms with Gasteiger partial charge in [0.2, 0.25) is 5.13 Å². The highest BCUT2D eigenvalue weighted by molar-refractivity contribution is 7.18. The second kappa shape index (κ2) is 8.44. The van der Waals surface area contributed by atoms with Gasteiger partial charge in [0.25, 0.3) is 5.91 Å². The molecule has 3 rings (SSSR count). The lowest BCUT2D eigenvalue weighted by Crippen LogP contribution is -2.32. The van der Waals surface area contributed by atoms with Crippen molar-refractivity contribution in [2.75, 3.05) is 12.4 Å². The zero-order chi connectivity index (χ0) is 18.4. The Morgan fingerprint density at radius 3 is 2.62 bits per heavy atom. The van der Waals surface area contributed by atoms with Crippen LogP contribution in [0.25, 0.3) is 10.6 Å². The summed E-state index contributed by atoms with van der Waals surface area (Å²) in [4.78, 5) is 12.5. The number of aromatic nitrogens is 2. The van der Waals surface area contributed by atoms with E-state index in [1.54, 1.807) is 19.2 Å². The quantitative estimate of drug-likeness (QED) is 0.681.